The zero-order valence-electron chi connectivity index (χ0n) is 9.73. The lowest BCUT2D eigenvalue weighted by molar-refractivity contribution is 0.458. The van der Waals surface area contributed by atoms with Crippen LogP contribution < -0.4 is 4.74 Å². The van der Waals surface area contributed by atoms with Gasteiger partial charge in [0.2, 0.25) is 5.88 Å². The molecule has 0 spiro atoms. The third-order valence-corrected chi connectivity index (χ3v) is 3.25. The van der Waals surface area contributed by atoms with Crippen molar-refractivity contribution >= 4 is 37.9 Å². The van der Waals surface area contributed by atoms with Crippen LogP contribution in [0.5, 0.6) is 11.6 Å². The molecule has 0 bridgehead atoms. The predicted octanol–water partition coefficient (Wildman–Crippen LogP) is 5.43. The zero-order chi connectivity index (χ0) is 13.0. The predicted molar refractivity (Wildman–Crippen MR) is 80.9 cm³/mol. The van der Waals surface area contributed by atoms with Gasteiger partial charge in [0, 0.05) is 16.2 Å². The zero-order valence-corrected chi connectivity index (χ0v) is 12.9. The molecule has 0 amide bonds. The van der Waals surface area contributed by atoms with Gasteiger partial charge in [0.15, 0.2) is 0 Å². The highest BCUT2D eigenvalue weighted by atomic mass is 79.9. The summed E-state index contributed by atoms with van der Waals surface area (Å²) in [7, 11) is 0. The van der Waals surface area contributed by atoms with Crippen LogP contribution in [0, 0.1) is 0 Å². The minimum Gasteiger partial charge on any atom is -0.437 e. The number of hydrogen-bond acceptors (Lipinski definition) is 2. The standard InChI is InChI=1S/C14H11Br2NO/c1-2-5-10-6-3-4-7-13(10)18-14-12(16)8-11(15)9-17-14/h2-9H,1H3/b5-2+. The van der Waals surface area contributed by atoms with E-state index in [1.807, 2.05) is 49.4 Å². The molecule has 2 aromatic rings. The van der Waals surface area contributed by atoms with Crippen LogP contribution in [0.4, 0.5) is 0 Å². The molecule has 0 radical (unpaired) electrons. The normalized spacial score (nSPS) is 10.8. The summed E-state index contributed by atoms with van der Waals surface area (Å²) < 4.78 is 7.54. The topological polar surface area (TPSA) is 22.1 Å². The van der Waals surface area contributed by atoms with Gasteiger partial charge in [-0.15, -0.1) is 0 Å². The first kappa shape index (κ1) is 13.3. The number of ether oxygens (including phenoxy) is 1. The average Bonchev–Trinajstić information content (AvgIpc) is 2.35. The van der Waals surface area contributed by atoms with Gasteiger partial charge in [-0.05, 0) is 50.9 Å². The molecule has 0 atom stereocenters. The number of para-hydroxylation sites is 1. The Morgan fingerprint density at radius 3 is 2.72 bits per heavy atom. The molecule has 2 nitrogen and oxygen atoms in total. The number of nitrogens with zero attached hydrogens (tertiary/aromatic N) is 1. The first-order valence-electron chi connectivity index (χ1n) is 5.41. The summed E-state index contributed by atoms with van der Waals surface area (Å²) in [6.07, 6.45) is 5.69. The Balaban J connectivity index is 2.34. The van der Waals surface area contributed by atoms with E-state index in [9.17, 15) is 0 Å². The Bertz CT molecular complexity index is 582. The fourth-order valence-corrected chi connectivity index (χ4v) is 2.54. The van der Waals surface area contributed by atoms with E-state index in [0.717, 1.165) is 20.3 Å². The number of hydrogen-bond donors (Lipinski definition) is 0. The van der Waals surface area contributed by atoms with Crippen molar-refractivity contribution in [2.75, 3.05) is 0 Å². The van der Waals surface area contributed by atoms with E-state index in [1.54, 1.807) is 6.20 Å². The molecule has 0 aliphatic rings. The van der Waals surface area contributed by atoms with Crippen molar-refractivity contribution in [3.8, 4) is 11.6 Å². The SMILES string of the molecule is C/C=C/c1ccccc1Oc1ncc(Br)cc1Br. The van der Waals surface area contributed by atoms with Gasteiger partial charge >= 0.3 is 0 Å². The van der Waals surface area contributed by atoms with Crippen LogP contribution in [-0.2, 0) is 0 Å². The van der Waals surface area contributed by atoms with Gasteiger partial charge in [0.25, 0.3) is 0 Å². The van der Waals surface area contributed by atoms with Crippen LogP contribution in [0.25, 0.3) is 6.08 Å². The van der Waals surface area contributed by atoms with Gasteiger partial charge in [0.1, 0.15) is 5.75 Å². The van der Waals surface area contributed by atoms with Crippen LogP contribution in [0.15, 0.2) is 51.6 Å². The molecule has 0 saturated carbocycles. The number of aromatic nitrogens is 1. The molecule has 4 heteroatoms. The molecule has 0 unspecified atom stereocenters. The average molecular weight is 369 g/mol. The van der Waals surface area contributed by atoms with Crippen LogP contribution in [0.1, 0.15) is 12.5 Å². The van der Waals surface area contributed by atoms with E-state index in [0.29, 0.717) is 5.88 Å². The summed E-state index contributed by atoms with van der Waals surface area (Å²) in [5, 5.41) is 0. The molecule has 0 saturated heterocycles. The highest BCUT2D eigenvalue weighted by molar-refractivity contribution is 9.11. The van der Waals surface area contributed by atoms with Gasteiger partial charge in [-0.2, -0.15) is 0 Å². The highest BCUT2D eigenvalue weighted by Crippen LogP contribution is 2.31. The molecule has 0 aliphatic heterocycles. The molecule has 0 N–H and O–H groups in total. The first-order chi connectivity index (χ1) is 8.70. The van der Waals surface area contributed by atoms with Gasteiger partial charge in [-0.1, -0.05) is 30.4 Å². The van der Waals surface area contributed by atoms with E-state index in [2.05, 4.69) is 36.8 Å². The smallest absolute Gasteiger partial charge is 0.233 e. The van der Waals surface area contributed by atoms with Crippen molar-refractivity contribution < 1.29 is 4.74 Å². The lowest BCUT2D eigenvalue weighted by Crippen LogP contribution is -1.91. The van der Waals surface area contributed by atoms with E-state index in [1.165, 1.54) is 0 Å². The van der Waals surface area contributed by atoms with Crippen molar-refractivity contribution in [3.63, 3.8) is 0 Å². The van der Waals surface area contributed by atoms with Crippen LogP contribution in [0.3, 0.4) is 0 Å². The molecule has 2 rings (SSSR count). The molecule has 1 heterocycles. The van der Waals surface area contributed by atoms with Gasteiger partial charge < -0.3 is 4.74 Å². The maximum atomic E-state index is 5.82. The molecular formula is C14H11Br2NO. The molecular weight excluding hydrogens is 358 g/mol. The quantitative estimate of drug-likeness (QED) is 0.720. The van der Waals surface area contributed by atoms with Crippen molar-refractivity contribution in [1.82, 2.24) is 4.98 Å². The summed E-state index contributed by atoms with van der Waals surface area (Å²) in [6, 6.07) is 9.75. The Morgan fingerprint density at radius 2 is 2.00 bits per heavy atom. The van der Waals surface area contributed by atoms with Gasteiger partial charge in [-0.3, -0.25) is 0 Å². The second-order valence-electron chi connectivity index (χ2n) is 3.58. The number of benzene rings is 1. The Hall–Kier alpha value is -1.13. The van der Waals surface area contributed by atoms with Crippen LogP contribution >= 0.6 is 31.9 Å². The molecule has 1 aromatic carbocycles. The monoisotopic (exact) mass is 367 g/mol. The van der Waals surface area contributed by atoms with Crippen molar-refractivity contribution in [1.29, 1.82) is 0 Å². The molecule has 0 aliphatic carbocycles. The lowest BCUT2D eigenvalue weighted by atomic mass is 10.2. The Kier molecular flexibility index (Phi) is 4.55. The molecule has 1 aromatic heterocycles. The largest absolute Gasteiger partial charge is 0.437 e. The summed E-state index contributed by atoms with van der Waals surface area (Å²) in [5.41, 5.74) is 1.02. The van der Waals surface area contributed by atoms with Gasteiger partial charge in [0.05, 0.1) is 4.47 Å². The first-order valence-corrected chi connectivity index (χ1v) is 7.00. The number of allylic oxidation sites excluding steroid dienone is 1. The summed E-state index contributed by atoms with van der Waals surface area (Å²) in [5.74, 6) is 1.33. The summed E-state index contributed by atoms with van der Waals surface area (Å²) in [4.78, 5) is 4.23. The van der Waals surface area contributed by atoms with Crippen molar-refractivity contribution in [2.24, 2.45) is 0 Å². The molecule has 92 valence electrons. The van der Waals surface area contributed by atoms with E-state index in [4.69, 9.17) is 4.74 Å². The summed E-state index contributed by atoms with van der Waals surface area (Å²) >= 11 is 6.79. The molecule has 0 fully saturated rings. The fraction of sp³-hybridized carbons (Fsp3) is 0.0714. The lowest BCUT2D eigenvalue weighted by Gasteiger charge is -2.09. The van der Waals surface area contributed by atoms with Crippen LogP contribution in [-0.4, -0.2) is 4.98 Å². The third kappa shape index (κ3) is 3.21. The van der Waals surface area contributed by atoms with E-state index < -0.39 is 0 Å². The number of rotatable bonds is 3. The second kappa shape index (κ2) is 6.16. The maximum Gasteiger partial charge on any atom is 0.233 e. The minimum absolute atomic E-state index is 0.551. The number of pyridine rings is 1. The van der Waals surface area contributed by atoms with Gasteiger partial charge in [-0.25, -0.2) is 4.98 Å². The van der Waals surface area contributed by atoms with Crippen molar-refractivity contribution in [3.05, 3.63) is 57.1 Å². The van der Waals surface area contributed by atoms with Crippen LogP contribution in [0.2, 0.25) is 0 Å². The maximum absolute atomic E-state index is 5.82. The minimum atomic E-state index is 0.551. The van der Waals surface area contributed by atoms with Crippen molar-refractivity contribution in [2.45, 2.75) is 6.92 Å². The Morgan fingerprint density at radius 1 is 1.22 bits per heavy atom. The van der Waals surface area contributed by atoms with E-state index >= 15 is 0 Å². The second-order valence-corrected chi connectivity index (χ2v) is 5.35. The Labute approximate surface area is 123 Å². The molecule has 18 heavy (non-hydrogen) atoms. The fourth-order valence-electron chi connectivity index (χ4n) is 1.47. The van der Waals surface area contributed by atoms with E-state index in [-0.39, 0.29) is 0 Å². The third-order valence-electron chi connectivity index (χ3n) is 2.25. The highest BCUT2D eigenvalue weighted by Gasteiger charge is 2.07. The number of halogens is 2. The summed E-state index contributed by atoms with van der Waals surface area (Å²) in [6.45, 7) is 1.98.